The number of aromatic amines is 1. The number of hydrogen-bond donors (Lipinski definition) is 3. The van der Waals surface area contributed by atoms with Crippen molar-refractivity contribution < 1.29 is 4.79 Å². The molecular formula is C12H19ClIN3O. The second-order valence-corrected chi connectivity index (χ2v) is 6.22. The summed E-state index contributed by atoms with van der Waals surface area (Å²) < 4.78 is 1.06. The van der Waals surface area contributed by atoms with Crippen LogP contribution in [0.4, 0.5) is 0 Å². The van der Waals surface area contributed by atoms with Gasteiger partial charge in [0, 0.05) is 16.3 Å². The van der Waals surface area contributed by atoms with Crippen molar-refractivity contribution in [1.82, 2.24) is 15.6 Å². The third-order valence-corrected chi connectivity index (χ3v) is 4.00. The zero-order valence-corrected chi connectivity index (χ0v) is 13.4. The minimum absolute atomic E-state index is 0. The van der Waals surface area contributed by atoms with Crippen molar-refractivity contribution in [3.05, 3.63) is 21.5 Å². The maximum absolute atomic E-state index is 11.9. The molecule has 4 nitrogen and oxygen atoms in total. The Morgan fingerprint density at radius 1 is 1.50 bits per heavy atom. The summed E-state index contributed by atoms with van der Waals surface area (Å²) in [4.78, 5) is 14.9. The summed E-state index contributed by atoms with van der Waals surface area (Å²) in [6, 6.07) is 1.86. The SMILES string of the molecule is CC1(CNC(=O)c2cc(I)c[nH]2)CCNCC1.Cl. The molecule has 1 fully saturated rings. The fraction of sp³-hybridized carbons (Fsp3) is 0.583. The standard InChI is InChI=1S/C12H18IN3O.ClH/c1-12(2-4-14-5-3-12)8-16-11(17)10-6-9(13)7-15-10;/h6-7,14-15H,2-5,8H2,1H3,(H,16,17);1H. The fourth-order valence-corrected chi connectivity index (χ4v) is 2.56. The van der Waals surface area contributed by atoms with Crippen LogP contribution in [0.3, 0.4) is 0 Å². The fourth-order valence-electron chi connectivity index (χ4n) is 2.10. The largest absolute Gasteiger partial charge is 0.356 e. The van der Waals surface area contributed by atoms with Crippen LogP contribution in [0.1, 0.15) is 30.3 Å². The van der Waals surface area contributed by atoms with Crippen LogP contribution >= 0.6 is 35.0 Å². The number of amides is 1. The van der Waals surface area contributed by atoms with E-state index in [4.69, 9.17) is 0 Å². The van der Waals surface area contributed by atoms with Gasteiger partial charge in [0.25, 0.3) is 5.91 Å². The molecule has 0 unspecified atom stereocenters. The molecule has 6 heteroatoms. The van der Waals surface area contributed by atoms with Gasteiger partial charge in [0.15, 0.2) is 0 Å². The molecule has 102 valence electrons. The van der Waals surface area contributed by atoms with E-state index >= 15 is 0 Å². The summed E-state index contributed by atoms with van der Waals surface area (Å²) >= 11 is 2.19. The van der Waals surface area contributed by atoms with Crippen LogP contribution in [0.15, 0.2) is 12.3 Å². The van der Waals surface area contributed by atoms with Crippen LogP contribution in [0.25, 0.3) is 0 Å². The summed E-state index contributed by atoms with van der Waals surface area (Å²) in [7, 11) is 0. The van der Waals surface area contributed by atoms with Gasteiger partial charge in [0.1, 0.15) is 5.69 Å². The Hall–Kier alpha value is -0.270. The molecule has 2 heterocycles. The van der Waals surface area contributed by atoms with Crippen LogP contribution in [0, 0.1) is 8.99 Å². The van der Waals surface area contributed by atoms with Gasteiger partial charge in [-0.25, -0.2) is 0 Å². The molecule has 1 aromatic heterocycles. The van der Waals surface area contributed by atoms with E-state index in [-0.39, 0.29) is 23.7 Å². The predicted molar refractivity (Wildman–Crippen MR) is 83.3 cm³/mol. The molecule has 1 aliphatic rings. The lowest BCUT2D eigenvalue weighted by molar-refractivity contribution is 0.0918. The number of carbonyl (C=O) groups is 1. The van der Waals surface area contributed by atoms with Gasteiger partial charge in [0.05, 0.1) is 0 Å². The Kier molecular flexibility index (Phi) is 5.94. The van der Waals surface area contributed by atoms with Gasteiger partial charge in [-0.15, -0.1) is 12.4 Å². The number of hydrogen-bond acceptors (Lipinski definition) is 2. The molecule has 0 radical (unpaired) electrons. The zero-order chi connectivity index (χ0) is 12.3. The molecule has 1 amide bonds. The van der Waals surface area contributed by atoms with Gasteiger partial charge in [-0.2, -0.15) is 0 Å². The molecule has 0 spiro atoms. The lowest BCUT2D eigenvalue weighted by atomic mass is 9.81. The molecule has 0 aliphatic carbocycles. The van der Waals surface area contributed by atoms with E-state index in [0.717, 1.165) is 36.0 Å². The van der Waals surface area contributed by atoms with E-state index in [0.29, 0.717) is 5.69 Å². The van der Waals surface area contributed by atoms with Gasteiger partial charge in [-0.1, -0.05) is 6.92 Å². The molecule has 3 N–H and O–H groups in total. The third-order valence-electron chi connectivity index (χ3n) is 3.38. The minimum Gasteiger partial charge on any atom is -0.356 e. The normalized spacial score (nSPS) is 17.9. The molecule has 2 rings (SSSR count). The highest BCUT2D eigenvalue weighted by molar-refractivity contribution is 14.1. The molecule has 0 aromatic carbocycles. The van der Waals surface area contributed by atoms with E-state index < -0.39 is 0 Å². The van der Waals surface area contributed by atoms with E-state index in [9.17, 15) is 4.79 Å². The van der Waals surface area contributed by atoms with Crippen molar-refractivity contribution in [1.29, 1.82) is 0 Å². The van der Waals surface area contributed by atoms with Crippen molar-refractivity contribution in [2.24, 2.45) is 5.41 Å². The van der Waals surface area contributed by atoms with Gasteiger partial charge in [-0.05, 0) is 60.0 Å². The van der Waals surface area contributed by atoms with Crippen molar-refractivity contribution in [2.45, 2.75) is 19.8 Å². The van der Waals surface area contributed by atoms with Gasteiger partial charge in [0.2, 0.25) is 0 Å². The van der Waals surface area contributed by atoms with Crippen LogP contribution in [-0.4, -0.2) is 30.5 Å². The summed E-state index contributed by atoms with van der Waals surface area (Å²) in [6.45, 7) is 5.09. The van der Waals surface area contributed by atoms with Crippen LogP contribution in [0.5, 0.6) is 0 Å². The summed E-state index contributed by atoms with van der Waals surface area (Å²) in [6.07, 6.45) is 4.08. The lowest BCUT2D eigenvalue weighted by Gasteiger charge is -2.34. The van der Waals surface area contributed by atoms with Crippen LogP contribution < -0.4 is 10.6 Å². The van der Waals surface area contributed by atoms with Crippen LogP contribution in [-0.2, 0) is 0 Å². The molecule has 1 saturated heterocycles. The minimum atomic E-state index is -0.00678. The van der Waals surface area contributed by atoms with Crippen molar-refractivity contribution >= 4 is 40.9 Å². The predicted octanol–water partition coefficient (Wildman–Crippen LogP) is 2.16. The number of H-pyrrole nitrogens is 1. The Bertz CT molecular complexity index is 402. The zero-order valence-electron chi connectivity index (χ0n) is 10.4. The number of carbonyl (C=O) groups excluding carboxylic acids is 1. The first-order valence-corrected chi connectivity index (χ1v) is 7.00. The number of piperidine rings is 1. The average Bonchev–Trinajstić information content (AvgIpc) is 2.74. The molecule has 0 saturated carbocycles. The Morgan fingerprint density at radius 2 is 2.17 bits per heavy atom. The first-order valence-electron chi connectivity index (χ1n) is 5.92. The van der Waals surface area contributed by atoms with Crippen LogP contribution in [0.2, 0.25) is 0 Å². The molecule has 1 aromatic rings. The van der Waals surface area contributed by atoms with E-state index in [1.54, 1.807) is 0 Å². The number of rotatable bonds is 3. The number of nitrogens with one attached hydrogen (secondary N) is 3. The van der Waals surface area contributed by atoms with E-state index in [1.165, 1.54) is 0 Å². The second-order valence-electron chi connectivity index (χ2n) is 4.97. The van der Waals surface area contributed by atoms with Gasteiger partial charge < -0.3 is 15.6 Å². The van der Waals surface area contributed by atoms with Crippen molar-refractivity contribution in [2.75, 3.05) is 19.6 Å². The molecule has 0 atom stereocenters. The Labute approximate surface area is 127 Å². The topological polar surface area (TPSA) is 56.9 Å². The highest BCUT2D eigenvalue weighted by Gasteiger charge is 2.27. The molecule has 18 heavy (non-hydrogen) atoms. The monoisotopic (exact) mass is 383 g/mol. The summed E-state index contributed by atoms with van der Waals surface area (Å²) in [5.41, 5.74) is 0.882. The average molecular weight is 384 g/mol. The number of halogens is 2. The third kappa shape index (κ3) is 4.13. The van der Waals surface area contributed by atoms with Crippen molar-refractivity contribution in [3.63, 3.8) is 0 Å². The Morgan fingerprint density at radius 3 is 2.72 bits per heavy atom. The van der Waals surface area contributed by atoms with E-state index in [1.807, 2.05) is 12.3 Å². The maximum atomic E-state index is 11.9. The summed E-state index contributed by atoms with van der Waals surface area (Å²) in [5.74, 6) is -0.00678. The first kappa shape index (κ1) is 15.8. The first-order chi connectivity index (χ1) is 8.09. The van der Waals surface area contributed by atoms with Crippen molar-refractivity contribution in [3.8, 4) is 0 Å². The van der Waals surface area contributed by atoms with E-state index in [2.05, 4.69) is 45.1 Å². The number of aromatic nitrogens is 1. The Balaban J connectivity index is 0.00000162. The smallest absolute Gasteiger partial charge is 0.267 e. The molecule has 0 bridgehead atoms. The second kappa shape index (κ2) is 6.77. The highest BCUT2D eigenvalue weighted by atomic mass is 127. The molecular weight excluding hydrogens is 365 g/mol. The van der Waals surface area contributed by atoms with Gasteiger partial charge in [-0.3, -0.25) is 4.79 Å². The van der Waals surface area contributed by atoms with Gasteiger partial charge >= 0.3 is 0 Å². The lowest BCUT2D eigenvalue weighted by Crippen LogP contribution is -2.42. The summed E-state index contributed by atoms with van der Waals surface area (Å²) in [5, 5.41) is 6.36. The molecule has 1 aliphatic heterocycles. The maximum Gasteiger partial charge on any atom is 0.267 e. The highest BCUT2D eigenvalue weighted by Crippen LogP contribution is 2.26. The quantitative estimate of drug-likeness (QED) is 0.701.